The van der Waals surface area contributed by atoms with E-state index in [0.29, 0.717) is 11.4 Å². The number of hydrogen-bond donors (Lipinski definition) is 0. The first-order valence-electron chi connectivity index (χ1n) is 11.4. The van der Waals surface area contributed by atoms with Crippen LogP contribution in [0.4, 0.5) is 13.2 Å². The summed E-state index contributed by atoms with van der Waals surface area (Å²) in [6, 6.07) is 23.2. The van der Waals surface area contributed by atoms with E-state index < -0.39 is 22.9 Å². The van der Waals surface area contributed by atoms with E-state index in [1.807, 2.05) is 60.7 Å². The van der Waals surface area contributed by atoms with E-state index in [2.05, 4.69) is 15.0 Å². The second kappa shape index (κ2) is 9.00. The zero-order chi connectivity index (χ0) is 26.4. The predicted molar refractivity (Wildman–Crippen MR) is 140 cm³/mol. The predicted octanol–water partition coefficient (Wildman–Crippen LogP) is 4.96. The van der Waals surface area contributed by atoms with Crippen LogP contribution in [-0.2, 0) is 6.18 Å². The minimum atomic E-state index is -4.52. The Morgan fingerprint density at radius 2 is 1.37 bits per heavy atom. The average Bonchev–Trinajstić information content (AvgIpc) is 3.23. The molecule has 10 heteroatoms. The van der Waals surface area contributed by atoms with E-state index in [-0.39, 0.29) is 26.2 Å². The third-order valence-corrected chi connectivity index (χ3v) is 6.87. The molecule has 3 aromatic carbocycles. The van der Waals surface area contributed by atoms with Crippen LogP contribution in [0, 0.1) is 0 Å². The molecule has 0 amide bonds. The molecule has 0 aliphatic heterocycles. The Morgan fingerprint density at radius 3 is 2.00 bits per heavy atom. The molecule has 0 N–H and O–H groups in total. The third-order valence-electron chi connectivity index (χ3n) is 5.90. The second-order valence-corrected chi connectivity index (χ2v) is 9.41. The molecule has 3 aromatic heterocycles. The van der Waals surface area contributed by atoms with Crippen molar-refractivity contribution in [1.82, 2.24) is 19.4 Å². The summed E-state index contributed by atoms with van der Waals surface area (Å²) in [5.41, 5.74) is 0.440. The van der Waals surface area contributed by atoms with Gasteiger partial charge in [0, 0.05) is 11.1 Å². The van der Waals surface area contributed by atoms with E-state index in [4.69, 9.17) is 0 Å². The van der Waals surface area contributed by atoms with Gasteiger partial charge in [0.2, 0.25) is 4.96 Å². The number of aromatic nitrogens is 4. The summed E-state index contributed by atoms with van der Waals surface area (Å²) in [5.74, 6) is 0. The highest BCUT2D eigenvalue weighted by Crippen LogP contribution is 2.31. The number of benzene rings is 3. The molecule has 0 saturated heterocycles. The van der Waals surface area contributed by atoms with Crippen LogP contribution in [0.1, 0.15) is 11.1 Å². The lowest BCUT2D eigenvalue weighted by molar-refractivity contribution is -0.137. The highest BCUT2D eigenvalue weighted by molar-refractivity contribution is 7.15. The summed E-state index contributed by atoms with van der Waals surface area (Å²) < 4.78 is 40.4. The molecule has 0 unspecified atom stereocenters. The number of hydrogen-bond acceptors (Lipinski definition) is 6. The molecule has 6 nitrogen and oxygen atoms in total. The third kappa shape index (κ3) is 4.14. The largest absolute Gasteiger partial charge is 0.416 e. The fourth-order valence-corrected chi connectivity index (χ4v) is 5.08. The van der Waals surface area contributed by atoms with E-state index in [1.54, 1.807) is 0 Å². The van der Waals surface area contributed by atoms with Crippen LogP contribution in [0.25, 0.3) is 44.7 Å². The molecule has 6 rings (SSSR count). The zero-order valence-electron chi connectivity index (χ0n) is 19.3. The first-order valence-corrected chi connectivity index (χ1v) is 12.2. The molecule has 0 fully saturated rings. The average molecular weight is 529 g/mol. The lowest BCUT2D eigenvalue weighted by Gasteiger charge is -2.10. The number of alkyl halides is 3. The minimum Gasteiger partial charge on any atom is -0.267 e. The Hall–Kier alpha value is -4.70. The molecule has 0 aliphatic rings. The monoisotopic (exact) mass is 528 g/mol. The van der Waals surface area contributed by atoms with Gasteiger partial charge in [0.15, 0.2) is 11.2 Å². The molecule has 186 valence electrons. The SMILES string of the molecule is O=c1/c(=C/c2cccc(C(F)(F)F)c2)sc2nc3nc(-c4ccccc4)c(-c4ccccc4)nc3c(=O)n12. The van der Waals surface area contributed by atoms with Crippen molar-refractivity contribution < 1.29 is 13.2 Å². The maximum atomic E-state index is 13.5. The van der Waals surface area contributed by atoms with E-state index >= 15 is 0 Å². The molecule has 3 heterocycles. The van der Waals surface area contributed by atoms with Gasteiger partial charge >= 0.3 is 6.18 Å². The Balaban J connectivity index is 1.61. The Kier molecular flexibility index (Phi) is 5.61. The van der Waals surface area contributed by atoms with Crippen LogP contribution in [0.2, 0.25) is 0 Å². The molecule has 0 spiro atoms. The van der Waals surface area contributed by atoms with Gasteiger partial charge in [-0.05, 0) is 23.8 Å². The van der Waals surface area contributed by atoms with Crippen molar-refractivity contribution in [2.24, 2.45) is 0 Å². The van der Waals surface area contributed by atoms with Crippen LogP contribution < -0.4 is 15.7 Å². The smallest absolute Gasteiger partial charge is 0.267 e. The molecule has 38 heavy (non-hydrogen) atoms. The first kappa shape index (κ1) is 23.7. The van der Waals surface area contributed by atoms with Gasteiger partial charge in [0.25, 0.3) is 11.1 Å². The number of fused-ring (bicyclic) bond motifs is 2. The maximum Gasteiger partial charge on any atom is 0.416 e. The summed E-state index contributed by atoms with van der Waals surface area (Å²) >= 11 is 0.898. The molecular weight excluding hydrogens is 513 g/mol. The van der Waals surface area contributed by atoms with Crippen molar-refractivity contribution in [2.75, 3.05) is 0 Å². The van der Waals surface area contributed by atoms with Crippen molar-refractivity contribution >= 4 is 33.5 Å². The van der Waals surface area contributed by atoms with Crippen molar-refractivity contribution in [2.45, 2.75) is 6.18 Å². The summed E-state index contributed by atoms with van der Waals surface area (Å²) in [4.78, 5) is 40.4. The van der Waals surface area contributed by atoms with Gasteiger partial charge in [-0.25, -0.2) is 14.4 Å². The lowest BCUT2D eigenvalue weighted by Crippen LogP contribution is -2.31. The van der Waals surface area contributed by atoms with Gasteiger partial charge in [-0.15, -0.1) is 0 Å². The summed E-state index contributed by atoms with van der Waals surface area (Å²) in [7, 11) is 0. The van der Waals surface area contributed by atoms with Gasteiger partial charge in [-0.3, -0.25) is 9.59 Å². The molecule has 0 atom stereocenters. The second-order valence-electron chi connectivity index (χ2n) is 8.40. The first-order chi connectivity index (χ1) is 18.3. The van der Waals surface area contributed by atoms with E-state index in [0.717, 1.165) is 39.0 Å². The number of nitrogens with zero attached hydrogens (tertiary/aromatic N) is 4. The summed E-state index contributed by atoms with van der Waals surface area (Å²) in [5, 5.41) is 0. The number of thiazole rings is 1. The Morgan fingerprint density at radius 1 is 0.737 bits per heavy atom. The molecule has 6 aromatic rings. The van der Waals surface area contributed by atoms with Gasteiger partial charge in [0.1, 0.15) is 0 Å². The topological polar surface area (TPSA) is 77.2 Å². The van der Waals surface area contributed by atoms with Crippen molar-refractivity contribution in [1.29, 1.82) is 0 Å². The maximum absolute atomic E-state index is 13.5. The van der Waals surface area contributed by atoms with Crippen molar-refractivity contribution in [3.05, 3.63) is 121 Å². The highest BCUT2D eigenvalue weighted by Gasteiger charge is 2.30. The van der Waals surface area contributed by atoms with Crippen molar-refractivity contribution in [3.8, 4) is 22.5 Å². The number of halogens is 3. The normalized spacial score (nSPS) is 12.4. The Bertz CT molecular complexity index is 2000. The molecule has 0 bridgehead atoms. The summed E-state index contributed by atoms with van der Waals surface area (Å²) in [6.45, 7) is 0. The van der Waals surface area contributed by atoms with Crippen LogP contribution in [0.5, 0.6) is 0 Å². The van der Waals surface area contributed by atoms with Crippen LogP contribution >= 0.6 is 11.3 Å². The quantitative estimate of drug-likeness (QED) is 0.325. The van der Waals surface area contributed by atoms with Crippen molar-refractivity contribution in [3.63, 3.8) is 0 Å². The van der Waals surface area contributed by atoms with Gasteiger partial charge in [0.05, 0.1) is 21.5 Å². The highest BCUT2D eigenvalue weighted by atomic mass is 32.1. The van der Waals surface area contributed by atoms with Gasteiger partial charge < -0.3 is 0 Å². The fraction of sp³-hybridized carbons (Fsp3) is 0.0357. The fourth-order valence-electron chi connectivity index (χ4n) is 4.12. The molecule has 0 saturated carbocycles. The minimum absolute atomic E-state index is 0.0656. The number of rotatable bonds is 3. The van der Waals surface area contributed by atoms with Gasteiger partial charge in [-0.2, -0.15) is 18.2 Å². The van der Waals surface area contributed by atoms with Gasteiger partial charge in [-0.1, -0.05) is 84.1 Å². The van der Waals surface area contributed by atoms with Crippen LogP contribution in [0.15, 0.2) is 94.5 Å². The van der Waals surface area contributed by atoms with Crippen LogP contribution in [0.3, 0.4) is 0 Å². The zero-order valence-corrected chi connectivity index (χ0v) is 20.1. The van der Waals surface area contributed by atoms with E-state index in [9.17, 15) is 22.8 Å². The summed E-state index contributed by atoms with van der Waals surface area (Å²) in [6.07, 6.45) is -3.21. The molecule has 0 radical (unpaired) electrons. The Labute approximate surface area is 216 Å². The van der Waals surface area contributed by atoms with E-state index in [1.165, 1.54) is 18.2 Å². The molecular formula is C28H15F3N4O2S. The van der Waals surface area contributed by atoms with Crippen LogP contribution in [-0.4, -0.2) is 19.4 Å². The standard InChI is InChI=1S/C28H15F3N4O2S/c29-28(30,31)19-13-7-8-16(14-19)15-20-25(36)35-26(37)23-24(34-27(35)38-20)33-22(18-11-5-2-6-12-18)21(32-23)17-9-3-1-4-10-17/h1-15H/b20-15-. The lowest BCUT2D eigenvalue weighted by atomic mass is 10.0. The molecule has 0 aliphatic carbocycles.